The molecule has 6 heteroatoms. The summed E-state index contributed by atoms with van der Waals surface area (Å²) in [7, 11) is 0. The van der Waals surface area contributed by atoms with Gasteiger partial charge in [-0.25, -0.2) is 0 Å². The fourth-order valence-corrected chi connectivity index (χ4v) is 0. The van der Waals surface area contributed by atoms with Crippen LogP contribution in [0.1, 0.15) is 0 Å². The predicted molar refractivity (Wildman–Crippen MR) is 8.71 cm³/mol. The third-order valence-electron chi connectivity index (χ3n) is 0. The van der Waals surface area contributed by atoms with Crippen molar-refractivity contribution in [1.82, 2.24) is 0 Å². The first-order valence-corrected chi connectivity index (χ1v) is 1.23. The van der Waals surface area contributed by atoms with E-state index in [1.54, 1.807) is 0 Å². The normalized spacial score (nSPS) is 4.14. The van der Waals surface area contributed by atoms with Crippen molar-refractivity contribution in [1.29, 1.82) is 0 Å². The maximum absolute atomic E-state index is 8.44. The van der Waals surface area contributed by atoms with Gasteiger partial charge in [0.05, 0.1) is 0 Å². The van der Waals surface area contributed by atoms with Gasteiger partial charge >= 0.3 is 49.3 Å². The van der Waals surface area contributed by atoms with Crippen molar-refractivity contribution < 1.29 is 64.3 Å². The quantitative estimate of drug-likeness (QED) is 0.360. The van der Waals surface area contributed by atoms with Crippen molar-refractivity contribution in [3.8, 4) is 0 Å². The molecule has 0 rings (SSSR count). The summed E-state index contributed by atoms with van der Waals surface area (Å²) in [5.74, 6) is 0. The molecule has 0 fully saturated rings. The van der Waals surface area contributed by atoms with Crippen LogP contribution in [0.4, 0.5) is 4.79 Å². The minimum absolute atomic E-state index is 0. The Hall–Kier alpha value is 0.589. The third-order valence-corrected chi connectivity index (χ3v) is 0. The van der Waals surface area contributed by atoms with Gasteiger partial charge in [0.1, 0.15) is 0 Å². The molecule has 0 saturated carbocycles. The van der Waals surface area contributed by atoms with Gasteiger partial charge in [-0.05, 0) is 0 Å². The van der Waals surface area contributed by atoms with E-state index in [0.29, 0.717) is 0 Å². The summed E-state index contributed by atoms with van der Waals surface area (Å²) in [5.41, 5.74) is 0. The first-order chi connectivity index (χ1) is 2.73. The van der Waals surface area contributed by atoms with Gasteiger partial charge in [-0.15, -0.1) is 0 Å². The molecule has 0 aliphatic rings. The average Bonchev–Trinajstić information content (AvgIpc) is 1.41. The van der Waals surface area contributed by atoms with Crippen LogP contribution < -0.4 is 34.7 Å². The molecule has 4 nitrogen and oxygen atoms in total. The Labute approximate surface area is 70.2 Å². The second-order valence-electron chi connectivity index (χ2n) is 0.266. The Bertz CT molecular complexity index is 43.0. The van der Waals surface area contributed by atoms with Gasteiger partial charge in [0, 0.05) is 0 Å². The first kappa shape index (κ1) is 15.6. The predicted octanol–water partition coefficient (Wildman–Crippen LogP) is -4.23. The molecule has 0 heterocycles. The van der Waals surface area contributed by atoms with E-state index in [4.69, 9.17) is 18.8 Å². The second-order valence-corrected chi connectivity index (χ2v) is 0.266. The van der Waals surface area contributed by atoms with Crippen LogP contribution in [0.5, 0.6) is 0 Å². The molecular formula is CHFeNaO4. The standard InChI is InChI=1S/CH2O3.Fe.Na.O/c2-1(3)4;;;/h(H2,2,3,4);;;/q;;+1;/p-1. The van der Waals surface area contributed by atoms with E-state index in [-0.39, 0.29) is 29.6 Å². The van der Waals surface area contributed by atoms with Crippen molar-refractivity contribution in [3.05, 3.63) is 0 Å². The molecule has 0 aromatic heterocycles. The summed E-state index contributed by atoms with van der Waals surface area (Å²) in [6.45, 7) is 0. The van der Waals surface area contributed by atoms with E-state index in [1.165, 1.54) is 0 Å². The van der Waals surface area contributed by atoms with E-state index in [2.05, 4.69) is 0 Å². The van der Waals surface area contributed by atoms with Crippen LogP contribution in [-0.2, 0) is 19.8 Å². The van der Waals surface area contributed by atoms with Gasteiger partial charge in [0.2, 0.25) is 6.16 Å². The molecule has 7 heavy (non-hydrogen) atoms. The Morgan fingerprint density at radius 1 is 1.57 bits per heavy atom. The molecule has 0 aliphatic carbocycles. The molecule has 0 unspecified atom stereocenters. The van der Waals surface area contributed by atoms with E-state index < -0.39 is 6.16 Å². The zero-order valence-electron chi connectivity index (χ0n) is 3.53. The Morgan fingerprint density at radius 2 is 1.57 bits per heavy atom. The number of hydrogen-bond acceptors (Lipinski definition) is 3. The summed E-state index contributed by atoms with van der Waals surface area (Å²) >= 11 is 2.00. The fourth-order valence-electron chi connectivity index (χ4n) is 0. The third kappa shape index (κ3) is 399. The number of hydrogen-bond donors (Lipinski definition) is 1. The maximum atomic E-state index is 8.44. The molecule has 0 aromatic carbocycles. The van der Waals surface area contributed by atoms with Gasteiger partial charge in [-0.3, -0.25) is 0 Å². The molecule has 0 radical (unpaired) electrons. The van der Waals surface area contributed by atoms with Crippen LogP contribution in [0.2, 0.25) is 0 Å². The van der Waals surface area contributed by atoms with Crippen molar-refractivity contribution in [2.24, 2.45) is 0 Å². The minimum atomic E-state index is -2.08. The zero-order valence-corrected chi connectivity index (χ0v) is 6.63. The average molecular weight is 156 g/mol. The van der Waals surface area contributed by atoms with Crippen molar-refractivity contribution >= 4 is 6.16 Å². The summed E-state index contributed by atoms with van der Waals surface area (Å²) in [4.78, 5) is 8.44. The van der Waals surface area contributed by atoms with Crippen molar-refractivity contribution in [3.63, 3.8) is 0 Å². The van der Waals surface area contributed by atoms with Crippen LogP contribution in [-0.4, -0.2) is 11.3 Å². The van der Waals surface area contributed by atoms with Crippen molar-refractivity contribution in [2.45, 2.75) is 0 Å². The van der Waals surface area contributed by atoms with Crippen LogP contribution in [0, 0.1) is 0 Å². The van der Waals surface area contributed by atoms with E-state index in [9.17, 15) is 0 Å². The molecule has 0 saturated heterocycles. The molecular weight excluding hydrogens is 155 g/mol. The topological polar surface area (TPSA) is 77.4 Å². The summed E-state index contributed by atoms with van der Waals surface area (Å²) in [6, 6.07) is 0. The first-order valence-electron chi connectivity index (χ1n) is 0.776. The van der Waals surface area contributed by atoms with Crippen LogP contribution in [0.25, 0.3) is 0 Å². The Kier molecular flexibility index (Phi) is 35.7. The molecule has 0 bridgehead atoms. The monoisotopic (exact) mass is 156 g/mol. The molecule has 0 amide bonds. The van der Waals surface area contributed by atoms with Crippen LogP contribution >= 0.6 is 0 Å². The van der Waals surface area contributed by atoms with Gasteiger partial charge in [0.25, 0.3) is 0 Å². The van der Waals surface area contributed by atoms with Gasteiger partial charge in [0.15, 0.2) is 0 Å². The Morgan fingerprint density at radius 3 is 1.57 bits per heavy atom. The van der Waals surface area contributed by atoms with E-state index in [0.717, 1.165) is 0 Å². The number of carboxylic acid groups (broad SMARTS) is 2. The van der Waals surface area contributed by atoms with E-state index >= 15 is 0 Å². The fraction of sp³-hybridized carbons (Fsp3) is 0. The molecule has 0 aliphatic heterocycles. The van der Waals surface area contributed by atoms with Crippen LogP contribution in [0.15, 0.2) is 0 Å². The molecule has 0 atom stereocenters. The van der Waals surface area contributed by atoms with Gasteiger partial charge < -0.3 is 15.0 Å². The van der Waals surface area contributed by atoms with Crippen molar-refractivity contribution in [2.75, 3.05) is 0 Å². The number of rotatable bonds is 0. The molecule has 0 spiro atoms. The SMILES string of the molecule is O=C([O-])O.[Na+].[O]=[Fe]. The van der Waals surface area contributed by atoms with E-state index in [1.807, 2.05) is 15.9 Å². The summed E-state index contributed by atoms with van der Waals surface area (Å²) < 4.78 is 8.00. The second kappa shape index (κ2) is 16.0. The van der Waals surface area contributed by atoms with Gasteiger partial charge in [-0.1, -0.05) is 0 Å². The van der Waals surface area contributed by atoms with Gasteiger partial charge in [-0.2, -0.15) is 0 Å². The van der Waals surface area contributed by atoms with Crippen LogP contribution in [0.3, 0.4) is 0 Å². The number of carbonyl (C=O) groups is 1. The molecule has 1 N–H and O–H groups in total. The zero-order chi connectivity index (χ0) is 5.58. The summed E-state index contributed by atoms with van der Waals surface area (Å²) in [5, 5.41) is 15.3. The molecule has 0 aromatic rings. The Balaban J connectivity index is -0.0000000480. The molecule has 38 valence electrons. The summed E-state index contributed by atoms with van der Waals surface area (Å²) in [6.07, 6.45) is -2.08.